The molecule has 21 heavy (non-hydrogen) atoms. The van der Waals surface area contributed by atoms with Crippen LogP contribution < -0.4 is 4.74 Å². The molecule has 0 atom stereocenters. The van der Waals surface area contributed by atoms with Gasteiger partial charge in [0.2, 0.25) is 5.88 Å². The number of hydrogen-bond acceptors (Lipinski definition) is 6. The van der Waals surface area contributed by atoms with Gasteiger partial charge in [0.15, 0.2) is 0 Å². The molecular formula is C14H18N2O5. The Morgan fingerprint density at radius 3 is 2.57 bits per heavy atom. The fourth-order valence-electron chi connectivity index (χ4n) is 2.53. The first-order valence-corrected chi connectivity index (χ1v) is 6.86. The lowest BCUT2D eigenvalue weighted by Crippen LogP contribution is -2.28. The number of carbonyl (C=O) groups excluding carboxylic acids is 1. The second kappa shape index (κ2) is 6.51. The first-order chi connectivity index (χ1) is 10.0. The summed E-state index contributed by atoms with van der Waals surface area (Å²) >= 11 is 0. The van der Waals surface area contributed by atoms with Crippen LogP contribution in [0, 0.1) is 23.0 Å². The Hall–Kier alpha value is -2.18. The molecule has 0 aliphatic heterocycles. The van der Waals surface area contributed by atoms with E-state index < -0.39 is 4.92 Å². The third-order valence-corrected chi connectivity index (χ3v) is 3.75. The molecule has 1 aromatic heterocycles. The molecule has 0 amide bonds. The maximum Gasteiger partial charge on any atom is 0.308 e. The van der Waals surface area contributed by atoms with Gasteiger partial charge in [-0.1, -0.05) is 0 Å². The van der Waals surface area contributed by atoms with Crippen LogP contribution in [0.3, 0.4) is 0 Å². The highest BCUT2D eigenvalue weighted by Crippen LogP contribution is 2.29. The van der Waals surface area contributed by atoms with Crippen molar-refractivity contribution >= 4 is 11.7 Å². The summed E-state index contributed by atoms with van der Waals surface area (Å²) in [6, 6.07) is 1.57. The number of nitro groups is 1. The van der Waals surface area contributed by atoms with Crippen molar-refractivity contribution in [2.24, 2.45) is 5.92 Å². The molecule has 0 radical (unpaired) electrons. The van der Waals surface area contributed by atoms with E-state index in [1.807, 2.05) is 0 Å². The largest absolute Gasteiger partial charge is 0.474 e. The monoisotopic (exact) mass is 294 g/mol. The molecule has 1 heterocycles. The van der Waals surface area contributed by atoms with Gasteiger partial charge in [-0.2, -0.15) is 0 Å². The minimum atomic E-state index is -0.465. The lowest BCUT2D eigenvalue weighted by molar-refractivity contribution is -0.385. The SMILES string of the molecule is COC(=O)C1CCC(Oc2cc(C)c([N+](=O)[O-])cn2)CC1. The smallest absolute Gasteiger partial charge is 0.308 e. The van der Waals surface area contributed by atoms with Crippen LogP contribution in [-0.2, 0) is 9.53 Å². The predicted octanol–water partition coefficient (Wildman–Crippen LogP) is 2.41. The van der Waals surface area contributed by atoms with Gasteiger partial charge in [-0.3, -0.25) is 14.9 Å². The van der Waals surface area contributed by atoms with Gasteiger partial charge in [-0.15, -0.1) is 0 Å². The minimum Gasteiger partial charge on any atom is -0.474 e. The zero-order chi connectivity index (χ0) is 15.4. The molecule has 1 aromatic rings. The molecule has 0 saturated heterocycles. The van der Waals surface area contributed by atoms with E-state index in [4.69, 9.17) is 9.47 Å². The summed E-state index contributed by atoms with van der Waals surface area (Å²) in [7, 11) is 1.40. The summed E-state index contributed by atoms with van der Waals surface area (Å²) < 4.78 is 10.5. The Morgan fingerprint density at radius 1 is 1.38 bits per heavy atom. The third-order valence-electron chi connectivity index (χ3n) is 3.75. The third kappa shape index (κ3) is 3.68. The standard InChI is InChI=1S/C14H18N2O5/c1-9-7-13(15-8-12(9)16(18)19)21-11-5-3-10(4-6-11)14(17)20-2/h7-8,10-11H,3-6H2,1-2H3. The molecule has 0 bridgehead atoms. The van der Waals surface area contributed by atoms with Crippen LogP contribution >= 0.6 is 0 Å². The molecule has 2 rings (SSSR count). The van der Waals surface area contributed by atoms with Gasteiger partial charge < -0.3 is 9.47 Å². The first-order valence-electron chi connectivity index (χ1n) is 6.86. The zero-order valence-corrected chi connectivity index (χ0v) is 12.1. The van der Waals surface area contributed by atoms with Crippen LogP contribution in [0.2, 0.25) is 0 Å². The van der Waals surface area contributed by atoms with Gasteiger partial charge in [-0.05, 0) is 32.6 Å². The fourth-order valence-corrected chi connectivity index (χ4v) is 2.53. The molecular weight excluding hydrogens is 276 g/mol. The molecule has 1 saturated carbocycles. The maximum atomic E-state index is 11.4. The Morgan fingerprint density at radius 2 is 2.05 bits per heavy atom. The molecule has 7 heteroatoms. The van der Waals surface area contributed by atoms with Crippen molar-refractivity contribution in [1.82, 2.24) is 4.98 Å². The number of methoxy groups -OCH3 is 1. The lowest BCUT2D eigenvalue weighted by atomic mass is 9.87. The molecule has 0 N–H and O–H groups in total. The Balaban J connectivity index is 1.93. The molecule has 1 aliphatic carbocycles. The van der Waals surface area contributed by atoms with Crippen molar-refractivity contribution in [2.75, 3.05) is 7.11 Å². The van der Waals surface area contributed by atoms with E-state index in [1.54, 1.807) is 13.0 Å². The van der Waals surface area contributed by atoms with Crippen molar-refractivity contribution in [1.29, 1.82) is 0 Å². The van der Waals surface area contributed by atoms with Crippen LogP contribution in [0.25, 0.3) is 0 Å². The van der Waals surface area contributed by atoms with E-state index in [2.05, 4.69) is 4.98 Å². The van der Waals surface area contributed by atoms with Crippen molar-refractivity contribution in [2.45, 2.75) is 38.7 Å². The second-order valence-corrected chi connectivity index (χ2v) is 5.18. The number of rotatable bonds is 4. The van der Waals surface area contributed by atoms with E-state index in [-0.39, 0.29) is 23.7 Å². The topological polar surface area (TPSA) is 91.6 Å². The van der Waals surface area contributed by atoms with E-state index in [0.717, 1.165) is 25.7 Å². The number of pyridine rings is 1. The predicted molar refractivity (Wildman–Crippen MR) is 74.0 cm³/mol. The number of carbonyl (C=O) groups is 1. The summed E-state index contributed by atoms with van der Waals surface area (Å²) in [5.74, 6) is 0.166. The molecule has 7 nitrogen and oxygen atoms in total. The molecule has 0 aromatic carbocycles. The number of hydrogen-bond donors (Lipinski definition) is 0. The van der Waals surface area contributed by atoms with Crippen molar-refractivity contribution < 1.29 is 19.2 Å². The summed E-state index contributed by atoms with van der Waals surface area (Å²) in [4.78, 5) is 25.7. The van der Waals surface area contributed by atoms with Gasteiger partial charge in [-0.25, -0.2) is 4.98 Å². The lowest BCUT2D eigenvalue weighted by Gasteiger charge is -2.27. The van der Waals surface area contributed by atoms with Crippen LogP contribution in [-0.4, -0.2) is 29.1 Å². The second-order valence-electron chi connectivity index (χ2n) is 5.18. The van der Waals surface area contributed by atoms with Crippen LogP contribution in [0.4, 0.5) is 5.69 Å². The van der Waals surface area contributed by atoms with Gasteiger partial charge in [0.1, 0.15) is 12.3 Å². The number of esters is 1. The van der Waals surface area contributed by atoms with E-state index in [0.29, 0.717) is 11.4 Å². The van der Waals surface area contributed by atoms with Gasteiger partial charge in [0.25, 0.3) is 5.69 Å². The number of nitrogens with zero attached hydrogens (tertiary/aromatic N) is 2. The minimum absolute atomic E-state index is 0.0146. The van der Waals surface area contributed by atoms with Crippen LogP contribution in [0.1, 0.15) is 31.2 Å². The fraction of sp³-hybridized carbons (Fsp3) is 0.571. The van der Waals surface area contributed by atoms with E-state index in [9.17, 15) is 14.9 Å². The average molecular weight is 294 g/mol. The molecule has 114 valence electrons. The van der Waals surface area contributed by atoms with Gasteiger partial charge in [0.05, 0.1) is 18.0 Å². The number of aryl methyl sites for hydroxylation is 1. The molecule has 0 spiro atoms. The highest BCUT2D eigenvalue weighted by atomic mass is 16.6. The van der Waals surface area contributed by atoms with Crippen molar-refractivity contribution in [3.8, 4) is 5.88 Å². The molecule has 1 fully saturated rings. The first kappa shape index (κ1) is 15.2. The highest BCUT2D eigenvalue weighted by molar-refractivity contribution is 5.72. The summed E-state index contributed by atoms with van der Waals surface area (Å²) in [5, 5.41) is 10.7. The normalized spacial score (nSPS) is 21.6. The molecule has 1 aliphatic rings. The van der Waals surface area contributed by atoms with Crippen molar-refractivity contribution in [3.63, 3.8) is 0 Å². The van der Waals surface area contributed by atoms with Crippen LogP contribution in [0.5, 0.6) is 5.88 Å². The van der Waals surface area contributed by atoms with E-state index in [1.165, 1.54) is 13.3 Å². The number of aromatic nitrogens is 1. The van der Waals surface area contributed by atoms with Crippen LogP contribution in [0.15, 0.2) is 12.3 Å². The quantitative estimate of drug-likeness (QED) is 0.481. The highest BCUT2D eigenvalue weighted by Gasteiger charge is 2.28. The van der Waals surface area contributed by atoms with Crippen molar-refractivity contribution in [3.05, 3.63) is 27.9 Å². The Kier molecular flexibility index (Phi) is 4.72. The van der Waals surface area contributed by atoms with Gasteiger partial charge in [0, 0.05) is 11.6 Å². The Labute approximate surface area is 122 Å². The maximum absolute atomic E-state index is 11.4. The van der Waals surface area contributed by atoms with Gasteiger partial charge >= 0.3 is 5.97 Å². The summed E-state index contributed by atoms with van der Waals surface area (Å²) in [6.07, 6.45) is 4.14. The van der Waals surface area contributed by atoms with E-state index >= 15 is 0 Å². The summed E-state index contributed by atoms with van der Waals surface area (Å²) in [6.45, 7) is 1.65. The average Bonchev–Trinajstić information content (AvgIpc) is 2.47. The zero-order valence-electron chi connectivity index (χ0n) is 12.1. The number of ether oxygens (including phenoxy) is 2. The molecule has 0 unspecified atom stereocenters. The summed E-state index contributed by atoms with van der Waals surface area (Å²) in [5.41, 5.74) is 0.505. The Bertz CT molecular complexity index is 538.